The van der Waals surface area contributed by atoms with Crippen LogP contribution in [0.5, 0.6) is 11.5 Å². The molecular formula is C23H20N4O6S2. The van der Waals surface area contributed by atoms with Crippen LogP contribution in [0.2, 0.25) is 0 Å². The molecule has 1 aromatic heterocycles. The molecule has 0 saturated carbocycles. The van der Waals surface area contributed by atoms with Crippen LogP contribution >= 0.6 is 11.5 Å². The molecule has 0 bridgehead atoms. The van der Waals surface area contributed by atoms with Crippen molar-refractivity contribution in [3.8, 4) is 17.6 Å². The number of carbonyl (C=O) groups is 2. The van der Waals surface area contributed by atoms with Gasteiger partial charge in [-0.15, -0.1) is 0 Å². The Balaban J connectivity index is 1.69. The quantitative estimate of drug-likeness (QED) is 0.207. The highest BCUT2D eigenvalue weighted by molar-refractivity contribution is 7.91. The van der Waals surface area contributed by atoms with Gasteiger partial charge in [0.1, 0.15) is 23.1 Å². The van der Waals surface area contributed by atoms with E-state index in [1.54, 1.807) is 42.5 Å². The zero-order chi connectivity index (χ0) is 25.6. The topological polar surface area (TPSA) is 148 Å². The van der Waals surface area contributed by atoms with Gasteiger partial charge in [-0.05, 0) is 55.8 Å². The molecule has 1 heterocycles. The summed E-state index contributed by atoms with van der Waals surface area (Å²) in [5.41, 5.74) is 0.575. The number of aromatic nitrogens is 2. The number of hydrogen-bond acceptors (Lipinski definition) is 10. The molecule has 0 saturated heterocycles. The summed E-state index contributed by atoms with van der Waals surface area (Å²) >= 11 is 0.699. The molecule has 3 rings (SSSR count). The molecule has 0 unspecified atom stereocenters. The van der Waals surface area contributed by atoms with E-state index in [0.717, 1.165) is 0 Å². The van der Waals surface area contributed by atoms with E-state index in [1.165, 1.54) is 39.2 Å². The Morgan fingerprint density at radius 2 is 1.86 bits per heavy atom. The predicted octanol–water partition coefficient (Wildman–Crippen LogP) is 3.49. The van der Waals surface area contributed by atoms with E-state index in [9.17, 15) is 23.3 Å². The van der Waals surface area contributed by atoms with Crippen LogP contribution in [0, 0.1) is 11.3 Å². The number of rotatable bonds is 8. The molecule has 0 aliphatic carbocycles. The van der Waals surface area contributed by atoms with E-state index in [2.05, 4.69) is 14.7 Å². The maximum Gasteiger partial charge on any atom is 0.343 e. The smallest absolute Gasteiger partial charge is 0.343 e. The van der Waals surface area contributed by atoms with Crippen LogP contribution in [0.4, 0.5) is 5.13 Å². The van der Waals surface area contributed by atoms with E-state index < -0.39 is 27.0 Å². The molecule has 0 aliphatic heterocycles. The van der Waals surface area contributed by atoms with Gasteiger partial charge < -0.3 is 9.47 Å². The number of benzene rings is 2. The summed E-state index contributed by atoms with van der Waals surface area (Å²) in [7, 11) is -2.19. The minimum Gasteiger partial charge on any atom is -0.497 e. The average molecular weight is 513 g/mol. The maximum atomic E-state index is 12.5. The minimum absolute atomic E-state index is 0.0461. The van der Waals surface area contributed by atoms with Crippen molar-refractivity contribution < 1.29 is 27.5 Å². The standard InChI is InChI=1S/C23H20N4O6S2/c1-14(2)35(30,31)23-26-22(34-27-23)25-20(28)17(13-24)11-15-7-9-18(10-8-15)33-21(29)16-5-4-6-19(12-16)32-3/h4-12,14H,1-3H3,(H,25,26,27,28). The lowest BCUT2D eigenvalue weighted by molar-refractivity contribution is -0.112. The fourth-order valence-corrected chi connectivity index (χ4v) is 4.31. The fourth-order valence-electron chi connectivity index (χ4n) is 2.61. The maximum absolute atomic E-state index is 12.5. The van der Waals surface area contributed by atoms with Crippen molar-refractivity contribution in [3.05, 3.63) is 65.2 Å². The van der Waals surface area contributed by atoms with Crippen molar-refractivity contribution in [2.24, 2.45) is 0 Å². The van der Waals surface area contributed by atoms with E-state index in [0.29, 0.717) is 28.4 Å². The summed E-state index contributed by atoms with van der Waals surface area (Å²) in [6.45, 7) is 2.99. The van der Waals surface area contributed by atoms with Crippen molar-refractivity contribution >= 4 is 44.5 Å². The minimum atomic E-state index is -3.69. The van der Waals surface area contributed by atoms with Crippen LogP contribution < -0.4 is 14.8 Å². The number of carbonyl (C=O) groups excluding carboxylic acids is 2. The van der Waals surface area contributed by atoms with E-state index in [-0.39, 0.29) is 21.6 Å². The summed E-state index contributed by atoms with van der Waals surface area (Å²) in [5, 5.41) is 10.6. The Kier molecular flexibility index (Phi) is 7.95. The summed E-state index contributed by atoms with van der Waals surface area (Å²) in [6.07, 6.45) is 1.33. The molecule has 0 spiro atoms. The first-order valence-corrected chi connectivity index (χ1v) is 12.4. The number of ether oxygens (including phenoxy) is 2. The number of nitriles is 1. The van der Waals surface area contributed by atoms with Gasteiger partial charge in [-0.3, -0.25) is 10.1 Å². The summed E-state index contributed by atoms with van der Waals surface area (Å²) < 4.78 is 38.5. The van der Waals surface area contributed by atoms with Gasteiger partial charge in [0.25, 0.3) is 11.1 Å². The number of amides is 1. The first-order valence-electron chi connectivity index (χ1n) is 10.1. The highest BCUT2D eigenvalue weighted by atomic mass is 32.2. The molecule has 0 fully saturated rings. The Labute approximate surface area is 205 Å². The Morgan fingerprint density at radius 3 is 2.49 bits per heavy atom. The van der Waals surface area contributed by atoms with Crippen LogP contribution in [0.3, 0.4) is 0 Å². The van der Waals surface area contributed by atoms with E-state index in [1.807, 2.05) is 0 Å². The normalized spacial score (nSPS) is 11.6. The fraction of sp³-hybridized carbons (Fsp3) is 0.174. The van der Waals surface area contributed by atoms with Crippen molar-refractivity contribution in [2.75, 3.05) is 12.4 Å². The highest BCUT2D eigenvalue weighted by Gasteiger charge is 2.25. The van der Waals surface area contributed by atoms with Crippen LogP contribution in [-0.4, -0.2) is 42.0 Å². The lowest BCUT2D eigenvalue weighted by Crippen LogP contribution is -2.16. The highest BCUT2D eigenvalue weighted by Crippen LogP contribution is 2.21. The van der Waals surface area contributed by atoms with Crippen LogP contribution in [0.1, 0.15) is 29.8 Å². The van der Waals surface area contributed by atoms with Gasteiger partial charge in [-0.2, -0.15) is 14.6 Å². The molecule has 1 amide bonds. The molecule has 180 valence electrons. The predicted molar refractivity (Wildman–Crippen MR) is 129 cm³/mol. The molecule has 10 nitrogen and oxygen atoms in total. The lowest BCUT2D eigenvalue weighted by Gasteiger charge is -2.06. The van der Waals surface area contributed by atoms with Gasteiger partial charge >= 0.3 is 5.97 Å². The Hall–Kier alpha value is -4.08. The van der Waals surface area contributed by atoms with Crippen molar-refractivity contribution in [3.63, 3.8) is 0 Å². The molecule has 2 aromatic carbocycles. The van der Waals surface area contributed by atoms with Crippen molar-refractivity contribution in [2.45, 2.75) is 24.3 Å². The molecule has 35 heavy (non-hydrogen) atoms. The second-order valence-electron chi connectivity index (χ2n) is 7.29. The molecule has 3 aromatic rings. The van der Waals surface area contributed by atoms with Crippen molar-refractivity contribution in [1.82, 2.24) is 9.36 Å². The van der Waals surface area contributed by atoms with E-state index >= 15 is 0 Å². The number of nitrogens with zero attached hydrogens (tertiary/aromatic N) is 3. The third kappa shape index (κ3) is 6.28. The molecule has 0 atom stereocenters. The van der Waals surface area contributed by atoms with E-state index in [4.69, 9.17) is 9.47 Å². The lowest BCUT2D eigenvalue weighted by atomic mass is 10.1. The number of anilines is 1. The Bertz CT molecular complexity index is 1420. The number of sulfone groups is 1. The van der Waals surface area contributed by atoms with Gasteiger partial charge in [0.15, 0.2) is 0 Å². The second-order valence-corrected chi connectivity index (χ2v) is 10.4. The number of hydrogen-bond donors (Lipinski definition) is 1. The van der Waals surface area contributed by atoms with Crippen molar-refractivity contribution in [1.29, 1.82) is 5.26 Å². The molecule has 12 heteroatoms. The van der Waals surface area contributed by atoms with Gasteiger partial charge in [0.2, 0.25) is 15.0 Å². The third-order valence-corrected chi connectivity index (χ3v) is 7.25. The number of methoxy groups -OCH3 is 1. The Morgan fingerprint density at radius 1 is 1.14 bits per heavy atom. The van der Waals surface area contributed by atoms with Crippen LogP contribution in [0.25, 0.3) is 6.08 Å². The average Bonchev–Trinajstić information content (AvgIpc) is 3.32. The molecule has 1 N–H and O–H groups in total. The van der Waals surface area contributed by atoms with Gasteiger partial charge in [-0.1, -0.05) is 18.2 Å². The van der Waals surface area contributed by atoms with Crippen LogP contribution in [0.15, 0.2) is 59.3 Å². The van der Waals surface area contributed by atoms with Gasteiger partial charge in [0, 0.05) is 11.5 Å². The zero-order valence-corrected chi connectivity index (χ0v) is 20.5. The molecule has 0 aliphatic rings. The summed E-state index contributed by atoms with van der Waals surface area (Å²) in [4.78, 5) is 28.6. The first kappa shape index (κ1) is 25.5. The largest absolute Gasteiger partial charge is 0.497 e. The second kappa shape index (κ2) is 10.9. The molecule has 0 radical (unpaired) electrons. The number of nitrogens with one attached hydrogen (secondary N) is 1. The monoisotopic (exact) mass is 512 g/mol. The third-order valence-electron chi connectivity index (χ3n) is 4.58. The molecular weight excluding hydrogens is 492 g/mol. The first-order chi connectivity index (χ1) is 16.6. The van der Waals surface area contributed by atoms with Crippen LogP contribution in [-0.2, 0) is 14.6 Å². The number of esters is 1. The summed E-state index contributed by atoms with van der Waals surface area (Å²) in [6, 6.07) is 14.5. The SMILES string of the molecule is COc1cccc(C(=O)Oc2ccc(C=C(C#N)C(=O)Nc3nc(S(=O)(=O)C(C)C)ns3)cc2)c1. The van der Waals surface area contributed by atoms with Gasteiger partial charge in [-0.25, -0.2) is 13.2 Å². The van der Waals surface area contributed by atoms with Gasteiger partial charge in [0.05, 0.1) is 17.9 Å². The zero-order valence-electron chi connectivity index (χ0n) is 18.9. The summed E-state index contributed by atoms with van der Waals surface area (Å²) in [5.74, 6) is -0.551.